The molecule has 0 saturated heterocycles. The highest BCUT2D eigenvalue weighted by Gasteiger charge is 2.04. The molecule has 0 aromatic heterocycles. The third-order valence-corrected chi connectivity index (χ3v) is 2.12. The van der Waals surface area contributed by atoms with Crippen LogP contribution >= 0.6 is 23.2 Å². The fraction of sp³-hybridized carbons (Fsp3) is 0.250. The Labute approximate surface area is 75.6 Å². The van der Waals surface area contributed by atoms with Crippen LogP contribution < -0.4 is 0 Å². The first-order valence-electron chi connectivity index (χ1n) is 3.20. The van der Waals surface area contributed by atoms with Gasteiger partial charge in [-0.3, -0.25) is 0 Å². The Hall–Kier alpha value is -0.240. The van der Waals surface area contributed by atoms with E-state index >= 15 is 0 Å². The van der Waals surface area contributed by atoms with Gasteiger partial charge in [-0.05, 0) is 24.6 Å². The number of aliphatic hydroxyl groups is 1. The van der Waals surface area contributed by atoms with Crippen molar-refractivity contribution in [3.8, 4) is 0 Å². The highest BCUT2D eigenvalue weighted by Crippen LogP contribution is 2.25. The highest BCUT2D eigenvalue weighted by atomic mass is 35.5. The topological polar surface area (TPSA) is 20.2 Å². The minimum absolute atomic E-state index is 0.113. The van der Waals surface area contributed by atoms with E-state index in [1.54, 1.807) is 12.1 Å². The number of aryl methyl sites for hydroxylation is 1. The summed E-state index contributed by atoms with van der Waals surface area (Å²) in [6.45, 7) is 1.79. The molecule has 1 rings (SSSR count). The van der Waals surface area contributed by atoms with E-state index in [1.807, 2.05) is 6.92 Å². The summed E-state index contributed by atoms with van der Waals surface area (Å²) < 4.78 is 0. The van der Waals surface area contributed by atoms with E-state index in [-0.39, 0.29) is 6.61 Å². The van der Waals surface area contributed by atoms with Crippen molar-refractivity contribution < 1.29 is 5.11 Å². The molecule has 0 aliphatic rings. The number of aliphatic hydroxyl groups excluding tert-OH is 1. The lowest BCUT2D eigenvalue weighted by Crippen LogP contribution is -1.87. The first-order chi connectivity index (χ1) is 5.15. The smallest absolute Gasteiger partial charge is 0.0711 e. The molecule has 0 amide bonds. The standard InChI is InChI=1S/C8H8Cl2O/c1-5-2-7(9)6(4-11)8(10)3-5/h2-3,11H,4H2,1H3. The van der Waals surface area contributed by atoms with Gasteiger partial charge in [-0.1, -0.05) is 23.2 Å². The number of hydrogen-bond acceptors (Lipinski definition) is 1. The van der Waals surface area contributed by atoms with Gasteiger partial charge in [-0.25, -0.2) is 0 Å². The molecule has 1 aromatic rings. The van der Waals surface area contributed by atoms with Gasteiger partial charge < -0.3 is 5.11 Å². The summed E-state index contributed by atoms with van der Waals surface area (Å²) in [7, 11) is 0. The second-order valence-electron chi connectivity index (χ2n) is 2.37. The van der Waals surface area contributed by atoms with Crippen LogP contribution in [-0.2, 0) is 6.61 Å². The van der Waals surface area contributed by atoms with Crippen LogP contribution in [-0.4, -0.2) is 5.11 Å². The zero-order chi connectivity index (χ0) is 8.43. The molecular weight excluding hydrogens is 183 g/mol. The molecule has 11 heavy (non-hydrogen) atoms. The maximum Gasteiger partial charge on any atom is 0.0711 e. The SMILES string of the molecule is Cc1cc(Cl)c(CO)c(Cl)c1. The third-order valence-electron chi connectivity index (χ3n) is 1.44. The summed E-state index contributed by atoms with van der Waals surface area (Å²) in [6, 6.07) is 3.55. The van der Waals surface area contributed by atoms with E-state index in [1.165, 1.54) is 0 Å². The summed E-state index contributed by atoms with van der Waals surface area (Å²) in [6.07, 6.45) is 0. The molecule has 1 nitrogen and oxygen atoms in total. The van der Waals surface area contributed by atoms with E-state index in [0.29, 0.717) is 15.6 Å². The molecule has 0 atom stereocenters. The van der Waals surface area contributed by atoms with E-state index in [2.05, 4.69) is 0 Å². The largest absolute Gasteiger partial charge is 0.392 e. The molecule has 0 spiro atoms. The maximum absolute atomic E-state index is 8.82. The van der Waals surface area contributed by atoms with E-state index in [9.17, 15) is 0 Å². The van der Waals surface area contributed by atoms with E-state index in [0.717, 1.165) is 5.56 Å². The molecule has 3 heteroatoms. The Morgan fingerprint density at radius 2 is 1.73 bits per heavy atom. The van der Waals surface area contributed by atoms with E-state index in [4.69, 9.17) is 28.3 Å². The first-order valence-corrected chi connectivity index (χ1v) is 3.96. The summed E-state index contributed by atoms with van der Waals surface area (Å²) in [5.74, 6) is 0. The van der Waals surface area contributed by atoms with Crippen LogP contribution in [0.25, 0.3) is 0 Å². The average molecular weight is 191 g/mol. The lowest BCUT2D eigenvalue weighted by molar-refractivity contribution is 0.282. The minimum atomic E-state index is -0.113. The molecular formula is C8H8Cl2O. The van der Waals surface area contributed by atoms with Gasteiger partial charge in [0.1, 0.15) is 0 Å². The van der Waals surface area contributed by atoms with Crippen LogP contribution in [0.4, 0.5) is 0 Å². The molecule has 0 fully saturated rings. The van der Waals surface area contributed by atoms with Crippen LogP contribution in [0.3, 0.4) is 0 Å². The van der Waals surface area contributed by atoms with Gasteiger partial charge in [0.15, 0.2) is 0 Å². The van der Waals surface area contributed by atoms with Crippen molar-refractivity contribution in [2.75, 3.05) is 0 Å². The van der Waals surface area contributed by atoms with Crippen LogP contribution in [0.2, 0.25) is 10.0 Å². The third kappa shape index (κ3) is 1.86. The van der Waals surface area contributed by atoms with Crippen molar-refractivity contribution in [1.82, 2.24) is 0 Å². The molecule has 60 valence electrons. The Bertz CT molecular complexity index is 248. The number of rotatable bonds is 1. The van der Waals surface area contributed by atoms with Gasteiger partial charge in [0.25, 0.3) is 0 Å². The number of hydrogen-bond donors (Lipinski definition) is 1. The van der Waals surface area contributed by atoms with E-state index < -0.39 is 0 Å². The highest BCUT2D eigenvalue weighted by molar-refractivity contribution is 6.36. The van der Waals surface area contributed by atoms with Gasteiger partial charge in [-0.2, -0.15) is 0 Å². The van der Waals surface area contributed by atoms with Gasteiger partial charge in [0, 0.05) is 15.6 Å². The van der Waals surface area contributed by atoms with Gasteiger partial charge in [0.05, 0.1) is 6.61 Å². The lowest BCUT2D eigenvalue weighted by atomic mass is 10.1. The van der Waals surface area contributed by atoms with Gasteiger partial charge in [0.2, 0.25) is 0 Å². The molecule has 1 N–H and O–H groups in total. The predicted octanol–water partition coefficient (Wildman–Crippen LogP) is 2.79. The summed E-state index contributed by atoms with van der Waals surface area (Å²) in [5, 5.41) is 9.87. The monoisotopic (exact) mass is 190 g/mol. The minimum Gasteiger partial charge on any atom is -0.392 e. The fourth-order valence-corrected chi connectivity index (χ4v) is 1.60. The second-order valence-corrected chi connectivity index (χ2v) is 3.18. The van der Waals surface area contributed by atoms with Crippen molar-refractivity contribution >= 4 is 23.2 Å². The first kappa shape index (κ1) is 8.85. The van der Waals surface area contributed by atoms with Crippen LogP contribution in [0.15, 0.2) is 12.1 Å². The van der Waals surface area contributed by atoms with Crippen molar-refractivity contribution in [3.63, 3.8) is 0 Å². The van der Waals surface area contributed by atoms with Gasteiger partial charge >= 0.3 is 0 Å². The fourth-order valence-electron chi connectivity index (χ4n) is 0.881. The summed E-state index contributed by atoms with van der Waals surface area (Å²) in [5.41, 5.74) is 1.59. The lowest BCUT2D eigenvalue weighted by Gasteiger charge is -2.03. The number of halogens is 2. The molecule has 1 aromatic carbocycles. The maximum atomic E-state index is 8.82. The Morgan fingerprint density at radius 1 is 1.27 bits per heavy atom. The Morgan fingerprint density at radius 3 is 2.09 bits per heavy atom. The molecule has 0 bridgehead atoms. The van der Waals surface area contributed by atoms with Gasteiger partial charge in [-0.15, -0.1) is 0 Å². The van der Waals surface area contributed by atoms with Crippen LogP contribution in [0, 0.1) is 6.92 Å². The average Bonchev–Trinajstić information content (AvgIpc) is 1.85. The molecule has 0 saturated carbocycles. The molecule has 0 radical (unpaired) electrons. The summed E-state index contributed by atoms with van der Waals surface area (Å²) in [4.78, 5) is 0. The zero-order valence-corrected chi connectivity index (χ0v) is 7.58. The molecule has 0 aliphatic heterocycles. The normalized spacial score (nSPS) is 10.2. The van der Waals surface area contributed by atoms with Crippen molar-refractivity contribution in [2.45, 2.75) is 13.5 Å². The Balaban J connectivity index is 3.25. The molecule has 0 unspecified atom stereocenters. The van der Waals surface area contributed by atoms with Crippen molar-refractivity contribution in [1.29, 1.82) is 0 Å². The Kier molecular flexibility index (Phi) is 2.77. The van der Waals surface area contributed by atoms with Crippen LogP contribution in [0.1, 0.15) is 11.1 Å². The molecule has 0 heterocycles. The quantitative estimate of drug-likeness (QED) is 0.723. The van der Waals surface area contributed by atoms with Crippen LogP contribution in [0.5, 0.6) is 0 Å². The van der Waals surface area contributed by atoms with Crippen molar-refractivity contribution in [2.24, 2.45) is 0 Å². The number of benzene rings is 1. The zero-order valence-electron chi connectivity index (χ0n) is 6.06. The summed E-state index contributed by atoms with van der Waals surface area (Å²) >= 11 is 11.6. The predicted molar refractivity (Wildman–Crippen MR) is 47.1 cm³/mol. The molecule has 0 aliphatic carbocycles. The van der Waals surface area contributed by atoms with Crippen molar-refractivity contribution in [3.05, 3.63) is 33.3 Å². The second kappa shape index (κ2) is 3.44.